The molecule has 0 saturated carbocycles. The lowest BCUT2D eigenvalue weighted by Crippen LogP contribution is -2.50. The van der Waals surface area contributed by atoms with Crippen LogP contribution in [0.15, 0.2) is 61.2 Å². The second-order valence-electron chi connectivity index (χ2n) is 6.24. The normalized spacial score (nSPS) is 18.3. The van der Waals surface area contributed by atoms with E-state index in [2.05, 4.69) is 15.5 Å². The van der Waals surface area contributed by atoms with Gasteiger partial charge in [-0.15, -0.1) is 10.2 Å². The van der Waals surface area contributed by atoms with Gasteiger partial charge in [0.25, 0.3) is 5.91 Å². The van der Waals surface area contributed by atoms with Crippen LogP contribution in [0.1, 0.15) is 27.9 Å². The summed E-state index contributed by atoms with van der Waals surface area (Å²) < 4.78 is 1.72. The fraction of sp³-hybridized carbons (Fsp3) is 0.158. The zero-order chi connectivity index (χ0) is 18.1. The van der Waals surface area contributed by atoms with Gasteiger partial charge in [-0.3, -0.25) is 9.36 Å². The van der Waals surface area contributed by atoms with Crippen LogP contribution in [0.3, 0.4) is 0 Å². The first kappa shape index (κ1) is 16.0. The maximum Gasteiger partial charge on any atom is 0.334 e. The number of carboxylic acid groups (broad SMARTS) is 1. The second-order valence-corrected chi connectivity index (χ2v) is 6.24. The molecule has 1 unspecified atom stereocenters. The van der Waals surface area contributed by atoms with Crippen LogP contribution >= 0.6 is 0 Å². The number of rotatable bonds is 4. The standard InChI is InChI=1S/C19H16N4O3/c24-17(14-5-7-15(8-6-14)23-11-20-21-12-23)22-19(18(25)26)10-9-13-3-1-2-4-16(13)19/h1-8,11-12H,9-10H2,(H,22,24)(H,25,26). The molecule has 7 heteroatoms. The Kier molecular flexibility index (Phi) is 3.76. The van der Waals surface area contributed by atoms with Gasteiger partial charge in [0.2, 0.25) is 0 Å². The topological polar surface area (TPSA) is 97.1 Å². The van der Waals surface area contributed by atoms with Gasteiger partial charge in [0.05, 0.1) is 0 Å². The van der Waals surface area contributed by atoms with Crippen molar-refractivity contribution in [2.45, 2.75) is 18.4 Å². The van der Waals surface area contributed by atoms with Crippen LogP contribution in [0.4, 0.5) is 0 Å². The van der Waals surface area contributed by atoms with E-state index in [4.69, 9.17) is 0 Å². The van der Waals surface area contributed by atoms with Crippen molar-refractivity contribution >= 4 is 11.9 Å². The zero-order valence-corrected chi connectivity index (χ0v) is 13.8. The van der Waals surface area contributed by atoms with Gasteiger partial charge in [-0.1, -0.05) is 24.3 Å². The second kappa shape index (κ2) is 6.11. The lowest BCUT2D eigenvalue weighted by atomic mass is 9.91. The molecule has 1 aliphatic carbocycles. The third kappa shape index (κ3) is 2.54. The van der Waals surface area contributed by atoms with Gasteiger partial charge < -0.3 is 10.4 Å². The summed E-state index contributed by atoms with van der Waals surface area (Å²) in [6.07, 6.45) is 4.08. The summed E-state index contributed by atoms with van der Waals surface area (Å²) in [5.41, 5.74) is 1.43. The minimum absolute atomic E-state index is 0.339. The summed E-state index contributed by atoms with van der Waals surface area (Å²) in [5, 5.41) is 20.1. The van der Waals surface area contributed by atoms with Crippen molar-refractivity contribution in [1.82, 2.24) is 20.1 Å². The molecule has 2 aromatic carbocycles. The van der Waals surface area contributed by atoms with Crippen molar-refractivity contribution in [1.29, 1.82) is 0 Å². The van der Waals surface area contributed by atoms with Crippen molar-refractivity contribution < 1.29 is 14.7 Å². The largest absolute Gasteiger partial charge is 0.479 e. The molecule has 0 spiro atoms. The first-order chi connectivity index (χ1) is 12.6. The molecule has 0 bridgehead atoms. The Balaban J connectivity index is 1.62. The number of nitrogens with one attached hydrogen (secondary N) is 1. The molecule has 1 aromatic heterocycles. The van der Waals surface area contributed by atoms with Crippen molar-refractivity contribution in [3.63, 3.8) is 0 Å². The number of amides is 1. The molecule has 1 heterocycles. The highest BCUT2D eigenvalue weighted by atomic mass is 16.4. The average molecular weight is 348 g/mol. The van der Waals surface area contributed by atoms with E-state index >= 15 is 0 Å². The third-order valence-electron chi connectivity index (χ3n) is 4.78. The number of hydrogen-bond donors (Lipinski definition) is 2. The number of carbonyl (C=O) groups excluding carboxylic acids is 1. The number of fused-ring (bicyclic) bond motifs is 1. The molecule has 4 rings (SSSR count). The molecule has 1 amide bonds. The van der Waals surface area contributed by atoms with Crippen LogP contribution in [0, 0.1) is 0 Å². The van der Waals surface area contributed by atoms with E-state index in [9.17, 15) is 14.7 Å². The number of aromatic nitrogens is 3. The minimum Gasteiger partial charge on any atom is -0.479 e. The van der Waals surface area contributed by atoms with E-state index in [1.54, 1.807) is 53.6 Å². The number of aliphatic carboxylic acids is 1. The van der Waals surface area contributed by atoms with Gasteiger partial charge in [-0.05, 0) is 48.2 Å². The van der Waals surface area contributed by atoms with Crippen molar-refractivity contribution in [3.05, 3.63) is 77.9 Å². The Bertz CT molecular complexity index is 967. The molecule has 0 aliphatic heterocycles. The molecule has 0 saturated heterocycles. The number of benzene rings is 2. The van der Waals surface area contributed by atoms with E-state index in [1.165, 1.54) is 0 Å². The van der Waals surface area contributed by atoms with Crippen molar-refractivity contribution in [2.75, 3.05) is 0 Å². The van der Waals surface area contributed by atoms with Gasteiger partial charge in [-0.25, -0.2) is 4.79 Å². The molecule has 26 heavy (non-hydrogen) atoms. The van der Waals surface area contributed by atoms with E-state index in [0.717, 1.165) is 11.3 Å². The van der Waals surface area contributed by atoms with Crippen LogP contribution in [-0.4, -0.2) is 31.7 Å². The fourth-order valence-corrected chi connectivity index (χ4v) is 3.40. The third-order valence-corrected chi connectivity index (χ3v) is 4.78. The highest BCUT2D eigenvalue weighted by Gasteiger charge is 2.46. The quantitative estimate of drug-likeness (QED) is 0.751. The number of hydrogen-bond acceptors (Lipinski definition) is 4. The first-order valence-electron chi connectivity index (χ1n) is 8.19. The fourth-order valence-electron chi connectivity index (χ4n) is 3.40. The van der Waals surface area contributed by atoms with Crippen LogP contribution in [0.5, 0.6) is 0 Å². The molecule has 0 fully saturated rings. The number of carboxylic acids is 1. The Labute approximate surface area is 149 Å². The number of aryl methyl sites for hydroxylation is 1. The summed E-state index contributed by atoms with van der Waals surface area (Å²) >= 11 is 0. The summed E-state index contributed by atoms with van der Waals surface area (Å²) in [4.78, 5) is 24.7. The van der Waals surface area contributed by atoms with Crippen molar-refractivity contribution in [2.24, 2.45) is 0 Å². The summed E-state index contributed by atoms with van der Waals surface area (Å²) in [7, 11) is 0. The first-order valence-corrected chi connectivity index (χ1v) is 8.19. The molecule has 130 valence electrons. The molecular formula is C19H16N4O3. The van der Waals surface area contributed by atoms with Crippen molar-refractivity contribution in [3.8, 4) is 5.69 Å². The van der Waals surface area contributed by atoms with E-state index in [-0.39, 0.29) is 0 Å². The van der Waals surface area contributed by atoms with Crippen LogP contribution in [-0.2, 0) is 16.8 Å². The van der Waals surface area contributed by atoms with E-state index < -0.39 is 17.4 Å². The molecule has 1 atom stereocenters. The smallest absolute Gasteiger partial charge is 0.334 e. The predicted molar refractivity (Wildman–Crippen MR) is 92.9 cm³/mol. The van der Waals surface area contributed by atoms with Gasteiger partial charge in [0.1, 0.15) is 12.7 Å². The lowest BCUT2D eigenvalue weighted by Gasteiger charge is -2.27. The van der Waals surface area contributed by atoms with Gasteiger partial charge in [0, 0.05) is 11.3 Å². The molecule has 3 aromatic rings. The number of nitrogens with zero attached hydrogens (tertiary/aromatic N) is 3. The van der Waals surface area contributed by atoms with Gasteiger partial charge in [-0.2, -0.15) is 0 Å². The molecule has 0 radical (unpaired) electrons. The summed E-state index contributed by atoms with van der Waals surface area (Å²) in [5.74, 6) is -1.46. The SMILES string of the molecule is O=C(NC1(C(=O)O)CCc2ccccc21)c1ccc(-n2cnnc2)cc1. The molecule has 7 nitrogen and oxygen atoms in total. The van der Waals surface area contributed by atoms with Gasteiger partial charge >= 0.3 is 5.97 Å². The minimum atomic E-state index is -1.39. The average Bonchev–Trinajstić information content (AvgIpc) is 3.31. The Morgan fingerprint density at radius 2 is 1.73 bits per heavy atom. The molecular weight excluding hydrogens is 332 g/mol. The van der Waals surface area contributed by atoms with Crippen LogP contribution in [0.25, 0.3) is 5.69 Å². The maximum absolute atomic E-state index is 12.7. The predicted octanol–water partition coefficient (Wildman–Crippen LogP) is 1.92. The van der Waals surface area contributed by atoms with Gasteiger partial charge in [0.15, 0.2) is 5.54 Å². The van der Waals surface area contributed by atoms with Crippen LogP contribution in [0.2, 0.25) is 0 Å². The maximum atomic E-state index is 12.7. The summed E-state index contributed by atoms with van der Waals surface area (Å²) in [6, 6.07) is 14.2. The zero-order valence-electron chi connectivity index (χ0n) is 13.8. The Hall–Kier alpha value is -3.48. The van der Waals surface area contributed by atoms with E-state index in [0.29, 0.717) is 24.0 Å². The highest BCUT2D eigenvalue weighted by Crippen LogP contribution is 2.37. The van der Waals surface area contributed by atoms with E-state index in [1.807, 2.05) is 12.1 Å². The Morgan fingerprint density at radius 1 is 1.04 bits per heavy atom. The lowest BCUT2D eigenvalue weighted by molar-refractivity contribution is -0.144. The highest BCUT2D eigenvalue weighted by molar-refractivity contribution is 5.98. The van der Waals surface area contributed by atoms with Crippen LogP contribution < -0.4 is 5.32 Å². The number of carbonyl (C=O) groups is 2. The molecule has 1 aliphatic rings. The Morgan fingerprint density at radius 3 is 2.42 bits per heavy atom. The monoisotopic (exact) mass is 348 g/mol. The summed E-state index contributed by atoms with van der Waals surface area (Å²) in [6.45, 7) is 0. The molecule has 2 N–H and O–H groups in total.